The van der Waals surface area contributed by atoms with Crippen molar-refractivity contribution < 1.29 is 85.7 Å². The van der Waals surface area contributed by atoms with Crippen LogP contribution in [-0.2, 0) is 85.7 Å². The first-order chi connectivity index (χ1) is 25.2. The molecular formula is C34H40I2O18. The Kier molecular flexibility index (Phi) is 16.4. The molecule has 2 aliphatic rings. The van der Waals surface area contributed by atoms with Gasteiger partial charge in [0.25, 0.3) is 0 Å². The molecule has 0 bridgehead atoms. The Morgan fingerprint density at radius 1 is 0.444 bits per heavy atom. The largest absolute Gasteiger partial charge is 0.463 e. The van der Waals surface area contributed by atoms with Crippen molar-refractivity contribution >= 4 is 92.9 Å². The van der Waals surface area contributed by atoms with E-state index in [1.807, 2.05) is 45.2 Å². The number of esters is 8. The van der Waals surface area contributed by atoms with Crippen LogP contribution in [0.1, 0.15) is 78.7 Å². The minimum Gasteiger partial charge on any atom is -0.463 e. The Hall–Kier alpha value is -3.64. The van der Waals surface area contributed by atoms with Crippen LogP contribution in [0.25, 0.3) is 0 Å². The molecule has 0 aliphatic carbocycles. The predicted octanol–water partition coefficient (Wildman–Crippen LogP) is 2.49. The lowest BCUT2D eigenvalue weighted by Gasteiger charge is -2.45. The van der Waals surface area contributed by atoms with Crippen LogP contribution in [0.4, 0.5) is 0 Å². The molecule has 1 aromatic carbocycles. The minimum atomic E-state index is -1.43. The summed E-state index contributed by atoms with van der Waals surface area (Å²) in [5, 5.41) is 0. The molecular weight excluding hydrogens is 950 g/mol. The number of ether oxygens (including phenoxy) is 10. The van der Waals surface area contributed by atoms with Crippen molar-refractivity contribution in [2.75, 3.05) is 13.2 Å². The number of carbonyl (C=O) groups is 8. The summed E-state index contributed by atoms with van der Waals surface area (Å²) in [7, 11) is 0. The monoisotopic (exact) mass is 990 g/mol. The molecule has 0 radical (unpaired) electrons. The molecule has 2 fully saturated rings. The zero-order chi connectivity index (χ0) is 40.6. The number of hydrogen-bond donors (Lipinski definition) is 0. The third kappa shape index (κ3) is 12.2. The summed E-state index contributed by atoms with van der Waals surface area (Å²) in [6, 6.07) is 3.24. The topological polar surface area (TPSA) is 229 Å². The van der Waals surface area contributed by atoms with Gasteiger partial charge >= 0.3 is 47.8 Å². The molecule has 3 rings (SSSR count). The highest BCUT2D eigenvalue weighted by Crippen LogP contribution is 2.44. The second-order valence-electron chi connectivity index (χ2n) is 12.1. The van der Waals surface area contributed by atoms with E-state index < -0.39 is 122 Å². The highest BCUT2D eigenvalue weighted by atomic mass is 127. The van der Waals surface area contributed by atoms with Crippen molar-refractivity contribution in [3.63, 3.8) is 0 Å². The second kappa shape index (κ2) is 19.8. The molecule has 18 nitrogen and oxygen atoms in total. The normalized spacial score (nSPS) is 27.7. The highest BCUT2D eigenvalue weighted by molar-refractivity contribution is 14.1. The summed E-state index contributed by atoms with van der Waals surface area (Å²) in [6.45, 7) is 8.11. The third-order valence-corrected chi connectivity index (χ3v) is 9.58. The van der Waals surface area contributed by atoms with Crippen LogP contribution in [0.15, 0.2) is 12.1 Å². The Morgan fingerprint density at radius 2 is 0.704 bits per heavy atom. The van der Waals surface area contributed by atoms with Gasteiger partial charge in [0.2, 0.25) is 0 Å². The van der Waals surface area contributed by atoms with Gasteiger partial charge in [-0.15, -0.1) is 0 Å². The smallest absolute Gasteiger partial charge is 0.303 e. The molecule has 0 spiro atoms. The van der Waals surface area contributed by atoms with Gasteiger partial charge in [-0.1, -0.05) is 0 Å². The van der Waals surface area contributed by atoms with Crippen LogP contribution in [0, 0.1) is 7.14 Å². The molecule has 298 valence electrons. The average Bonchev–Trinajstić information content (AvgIpc) is 3.03. The molecule has 2 heterocycles. The van der Waals surface area contributed by atoms with Gasteiger partial charge in [-0.05, 0) is 68.4 Å². The summed E-state index contributed by atoms with van der Waals surface area (Å²) in [4.78, 5) is 97.6. The van der Waals surface area contributed by atoms with E-state index in [0.717, 1.165) is 55.4 Å². The van der Waals surface area contributed by atoms with Crippen molar-refractivity contribution in [2.45, 2.75) is 116 Å². The molecule has 10 atom stereocenters. The lowest BCUT2D eigenvalue weighted by Crippen LogP contribution is -2.60. The molecule has 0 amide bonds. The molecule has 0 saturated carbocycles. The molecule has 0 N–H and O–H groups in total. The van der Waals surface area contributed by atoms with E-state index in [9.17, 15) is 38.4 Å². The number of rotatable bonds is 12. The molecule has 0 aromatic heterocycles. The number of hydrogen-bond acceptors (Lipinski definition) is 18. The SMILES string of the molecule is CC(=O)OC[C@H]1O[C@@H](c2cc(I)c([C@@H]3O[C@H](COC(C)=O)[C@@H](OC(C)=O)[C@H](OC(C)=O)[C@H]3OC(C)=O)cc2I)[C@H](OC(C)=O)[C@@H](OC(C)=O)[C@@H]1OC(C)=O. The Labute approximate surface area is 337 Å². The van der Waals surface area contributed by atoms with Crippen molar-refractivity contribution in [3.8, 4) is 0 Å². The first kappa shape index (κ1) is 44.8. The summed E-state index contributed by atoms with van der Waals surface area (Å²) in [5.74, 6) is -6.11. The maximum Gasteiger partial charge on any atom is 0.303 e. The number of halogens is 2. The summed E-state index contributed by atoms with van der Waals surface area (Å²) >= 11 is 3.92. The molecule has 20 heteroatoms. The van der Waals surface area contributed by atoms with Crippen LogP contribution in [0.2, 0.25) is 0 Å². The molecule has 2 aliphatic heterocycles. The first-order valence-corrected chi connectivity index (χ1v) is 18.5. The van der Waals surface area contributed by atoms with Crippen LogP contribution in [-0.4, -0.2) is 110 Å². The molecule has 0 unspecified atom stereocenters. The fraction of sp³-hybridized carbons (Fsp3) is 0.588. The summed E-state index contributed by atoms with van der Waals surface area (Å²) < 4.78 is 57.4. The quantitative estimate of drug-likeness (QED) is 0.166. The van der Waals surface area contributed by atoms with Crippen LogP contribution in [0.3, 0.4) is 0 Å². The van der Waals surface area contributed by atoms with Gasteiger partial charge in [0.1, 0.15) is 37.6 Å². The summed E-state index contributed by atoms with van der Waals surface area (Å²) in [5.41, 5.74) is 0.735. The van der Waals surface area contributed by atoms with Gasteiger partial charge in [0.05, 0.1) is 0 Å². The first-order valence-electron chi connectivity index (χ1n) is 16.3. The average molecular weight is 990 g/mol. The molecule has 1 aromatic rings. The van der Waals surface area contributed by atoms with E-state index >= 15 is 0 Å². The van der Waals surface area contributed by atoms with E-state index in [-0.39, 0.29) is 0 Å². The van der Waals surface area contributed by atoms with Crippen molar-refractivity contribution in [3.05, 3.63) is 30.4 Å². The van der Waals surface area contributed by atoms with Gasteiger partial charge in [-0.2, -0.15) is 0 Å². The van der Waals surface area contributed by atoms with Gasteiger partial charge in [0, 0.05) is 62.5 Å². The molecule has 2 saturated heterocycles. The Balaban J connectivity index is 2.23. The van der Waals surface area contributed by atoms with E-state index in [1.54, 1.807) is 12.1 Å². The minimum absolute atomic E-state index is 0.367. The number of carbonyl (C=O) groups excluding carboxylic acids is 8. The fourth-order valence-electron chi connectivity index (χ4n) is 5.97. The highest BCUT2D eigenvalue weighted by Gasteiger charge is 2.55. The maximum absolute atomic E-state index is 12.5. The predicted molar refractivity (Wildman–Crippen MR) is 194 cm³/mol. The van der Waals surface area contributed by atoms with Gasteiger partial charge in [-0.25, -0.2) is 0 Å². The van der Waals surface area contributed by atoms with Gasteiger partial charge < -0.3 is 47.4 Å². The standard InChI is InChI=1S/C34H40I2O18/c1-13(37)45-11-25-29(47-15(3)39)33(51-19(7)43)31(49-17(5)41)27(53-25)21-9-24(36)22(10-23(21)35)28-32(50-18(6)42)34(52-20(8)44)30(48-16(4)40)26(54-28)12-46-14(2)38/h9-10,25-34H,11-12H2,1-8H3/t25-,26-,27+,28+,29-,30-,31+,32+,33+,34+/m1/s1. The third-order valence-electron chi connectivity index (χ3n) is 7.71. The summed E-state index contributed by atoms with van der Waals surface area (Å²) in [6.07, 6.45) is -13.3. The van der Waals surface area contributed by atoms with Crippen LogP contribution in [0.5, 0.6) is 0 Å². The van der Waals surface area contributed by atoms with E-state index in [0.29, 0.717) is 18.3 Å². The van der Waals surface area contributed by atoms with E-state index in [1.165, 1.54) is 0 Å². The lowest BCUT2D eigenvalue weighted by atomic mass is 9.87. The maximum atomic E-state index is 12.5. The van der Waals surface area contributed by atoms with Crippen molar-refractivity contribution in [1.29, 1.82) is 0 Å². The zero-order valence-corrected chi connectivity index (χ0v) is 34.8. The van der Waals surface area contributed by atoms with Crippen molar-refractivity contribution in [1.82, 2.24) is 0 Å². The van der Waals surface area contributed by atoms with E-state index in [2.05, 4.69) is 0 Å². The van der Waals surface area contributed by atoms with Crippen LogP contribution >= 0.6 is 45.2 Å². The molecule has 54 heavy (non-hydrogen) atoms. The fourth-order valence-corrected chi connectivity index (χ4v) is 7.57. The zero-order valence-electron chi connectivity index (χ0n) is 30.4. The van der Waals surface area contributed by atoms with Crippen molar-refractivity contribution in [2.24, 2.45) is 0 Å². The van der Waals surface area contributed by atoms with Gasteiger partial charge in [-0.3, -0.25) is 38.4 Å². The van der Waals surface area contributed by atoms with Crippen LogP contribution < -0.4 is 0 Å². The van der Waals surface area contributed by atoms with E-state index in [4.69, 9.17) is 47.4 Å². The van der Waals surface area contributed by atoms with Gasteiger partial charge in [0.15, 0.2) is 36.6 Å². The lowest BCUT2D eigenvalue weighted by molar-refractivity contribution is -0.255. The number of benzene rings is 1. The second-order valence-corrected chi connectivity index (χ2v) is 14.5. The Bertz CT molecular complexity index is 1510. The Morgan fingerprint density at radius 3 is 0.963 bits per heavy atom.